The second-order valence-corrected chi connectivity index (χ2v) is 6.04. The third-order valence-electron chi connectivity index (χ3n) is 3.74. The first-order valence-corrected chi connectivity index (χ1v) is 8.20. The highest BCUT2D eigenvalue weighted by molar-refractivity contribution is 6.30. The Labute approximate surface area is 149 Å². The van der Waals surface area contributed by atoms with Gasteiger partial charge in [-0.25, -0.2) is 4.39 Å². The molecule has 0 saturated carbocycles. The minimum atomic E-state index is -0.342. The van der Waals surface area contributed by atoms with Crippen molar-refractivity contribution in [2.75, 3.05) is 0 Å². The van der Waals surface area contributed by atoms with Crippen LogP contribution < -0.4 is 5.32 Å². The van der Waals surface area contributed by atoms with Crippen LogP contribution in [0, 0.1) is 5.82 Å². The molecule has 0 spiro atoms. The third-order valence-corrected chi connectivity index (χ3v) is 3.98. The van der Waals surface area contributed by atoms with Crippen LogP contribution in [0.5, 0.6) is 0 Å². The Kier molecular flexibility index (Phi) is 5.46. The Morgan fingerprint density at radius 1 is 1.20 bits per heavy atom. The van der Waals surface area contributed by atoms with E-state index in [0.29, 0.717) is 29.2 Å². The van der Waals surface area contributed by atoms with Gasteiger partial charge in [-0.3, -0.25) is 4.79 Å². The van der Waals surface area contributed by atoms with E-state index in [0.717, 1.165) is 11.1 Å². The zero-order chi connectivity index (χ0) is 17.6. The van der Waals surface area contributed by atoms with Gasteiger partial charge in [-0.2, -0.15) is 0 Å². The average molecular weight is 359 g/mol. The molecule has 0 fully saturated rings. The Hall–Kier alpha value is -2.66. The van der Waals surface area contributed by atoms with E-state index in [2.05, 4.69) is 10.5 Å². The monoisotopic (exact) mass is 358 g/mol. The van der Waals surface area contributed by atoms with Gasteiger partial charge in [0.05, 0.1) is 0 Å². The summed E-state index contributed by atoms with van der Waals surface area (Å²) < 4.78 is 18.4. The normalized spacial score (nSPS) is 10.6. The number of hydrogen-bond donors (Lipinski definition) is 1. The summed E-state index contributed by atoms with van der Waals surface area (Å²) >= 11 is 5.92. The minimum Gasteiger partial charge on any atom is -0.364 e. The smallest absolute Gasteiger partial charge is 0.220 e. The molecule has 1 heterocycles. The summed E-state index contributed by atoms with van der Waals surface area (Å²) in [5.74, 6) is -0.433. The third kappa shape index (κ3) is 4.67. The molecule has 2 aromatic carbocycles. The Balaban J connectivity index is 1.57. The van der Waals surface area contributed by atoms with Crippen LogP contribution in [0.25, 0.3) is 11.3 Å². The number of benzene rings is 2. The summed E-state index contributed by atoms with van der Waals surface area (Å²) in [6.45, 7) is 0.416. The van der Waals surface area contributed by atoms with Gasteiger partial charge >= 0.3 is 0 Å². The number of nitrogens with one attached hydrogen (secondary N) is 1. The van der Waals surface area contributed by atoms with Crippen molar-refractivity contribution in [3.05, 3.63) is 76.8 Å². The zero-order valence-corrected chi connectivity index (χ0v) is 14.1. The molecule has 0 aliphatic heterocycles. The highest BCUT2D eigenvalue weighted by Crippen LogP contribution is 2.23. The fraction of sp³-hybridized carbons (Fsp3) is 0.158. The van der Waals surface area contributed by atoms with E-state index in [9.17, 15) is 9.18 Å². The Bertz CT molecular complexity index is 879. The van der Waals surface area contributed by atoms with Crippen molar-refractivity contribution < 1.29 is 13.7 Å². The predicted molar refractivity (Wildman–Crippen MR) is 93.5 cm³/mol. The lowest BCUT2D eigenvalue weighted by Crippen LogP contribution is -2.23. The molecule has 0 radical (unpaired) electrons. The van der Waals surface area contributed by atoms with Crippen molar-refractivity contribution in [3.63, 3.8) is 0 Å². The van der Waals surface area contributed by atoms with E-state index >= 15 is 0 Å². The summed E-state index contributed by atoms with van der Waals surface area (Å²) in [5, 5.41) is 7.40. The number of halogens is 2. The van der Waals surface area contributed by atoms with Crippen molar-refractivity contribution in [1.82, 2.24) is 10.5 Å². The first kappa shape index (κ1) is 17.2. The van der Waals surface area contributed by atoms with E-state index < -0.39 is 0 Å². The molecule has 0 atom stereocenters. The maximum Gasteiger partial charge on any atom is 0.220 e. The van der Waals surface area contributed by atoms with Gasteiger partial charge in [-0.05, 0) is 36.2 Å². The molecule has 1 N–H and O–H groups in total. The molecule has 0 bridgehead atoms. The molecule has 4 nitrogen and oxygen atoms in total. The van der Waals surface area contributed by atoms with Gasteiger partial charge in [-0.1, -0.05) is 41.0 Å². The van der Waals surface area contributed by atoms with Crippen molar-refractivity contribution in [3.8, 4) is 11.3 Å². The number of aryl methyl sites for hydroxylation is 1. The highest BCUT2D eigenvalue weighted by atomic mass is 35.5. The highest BCUT2D eigenvalue weighted by Gasteiger charge is 2.12. The van der Waals surface area contributed by atoms with Crippen molar-refractivity contribution in [1.29, 1.82) is 0 Å². The van der Waals surface area contributed by atoms with Gasteiger partial charge in [0.25, 0.3) is 0 Å². The first-order valence-electron chi connectivity index (χ1n) is 7.82. The van der Waals surface area contributed by atoms with Crippen LogP contribution >= 0.6 is 11.6 Å². The Morgan fingerprint density at radius 3 is 2.84 bits per heavy atom. The lowest BCUT2D eigenvalue weighted by atomic mass is 10.0. The average Bonchev–Trinajstić information content (AvgIpc) is 3.07. The Morgan fingerprint density at radius 2 is 2.04 bits per heavy atom. The SMILES string of the molecule is O=C(CCc1conc1-c1cccc(F)c1)NCc1cccc(Cl)c1. The zero-order valence-electron chi connectivity index (χ0n) is 13.3. The van der Waals surface area contributed by atoms with Crippen LogP contribution in [0.4, 0.5) is 4.39 Å². The molecule has 0 aliphatic carbocycles. The van der Waals surface area contributed by atoms with E-state index in [1.165, 1.54) is 18.4 Å². The van der Waals surface area contributed by atoms with Gasteiger partial charge in [-0.15, -0.1) is 0 Å². The number of hydrogen-bond acceptors (Lipinski definition) is 3. The number of carbonyl (C=O) groups excluding carboxylic acids is 1. The lowest BCUT2D eigenvalue weighted by Gasteiger charge is -2.06. The maximum atomic E-state index is 13.4. The van der Waals surface area contributed by atoms with E-state index in [-0.39, 0.29) is 18.1 Å². The summed E-state index contributed by atoms with van der Waals surface area (Å²) in [4.78, 5) is 12.0. The quantitative estimate of drug-likeness (QED) is 0.711. The molecule has 0 saturated heterocycles. The van der Waals surface area contributed by atoms with Crippen molar-refractivity contribution in [2.24, 2.45) is 0 Å². The molecular weight excluding hydrogens is 343 g/mol. The molecule has 3 rings (SSSR count). The second-order valence-electron chi connectivity index (χ2n) is 5.61. The molecule has 6 heteroatoms. The molecule has 3 aromatic rings. The maximum absolute atomic E-state index is 13.4. The topological polar surface area (TPSA) is 55.1 Å². The number of nitrogens with zero attached hydrogens (tertiary/aromatic N) is 1. The second kappa shape index (κ2) is 7.94. The summed E-state index contributed by atoms with van der Waals surface area (Å²) in [7, 11) is 0. The number of aromatic nitrogens is 1. The van der Waals surface area contributed by atoms with E-state index in [1.807, 2.05) is 18.2 Å². The van der Waals surface area contributed by atoms with Crippen LogP contribution in [0.1, 0.15) is 17.5 Å². The minimum absolute atomic E-state index is 0.0913. The van der Waals surface area contributed by atoms with Gasteiger partial charge in [0, 0.05) is 29.1 Å². The van der Waals surface area contributed by atoms with Crippen LogP contribution in [-0.4, -0.2) is 11.1 Å². The van der Waals surface area contributed by atoms with Crippen molar-refractivity contribution >= 4 is 17.5 Å². The molecule has 25 heavy (non-hydrogen) atoms. The lowest BCUT2D eigenvalue weighted by molar-refractivity contribution is -0.121. The van der Waals surface area contributed by atoms with Crippen molar-refractivity contribution in [2.45, 2.75) is 19.4 Å². The molecule has 128 valence electrons. The van der Waals surface area contributed by atoms with Crippen LogP contribution in [-0.2, 0) is 17.8 Å². The summed E-state index contributed by atoms with van der Waals surface area (Å²) in [6.07, 6.45) is 2.23. The summed E-state index contributed by atoms with van der Waals surface area (Å²) in [5.41, 5.74) is 2.89. The van der Waals surface area contributed by atoms with E-state index in [1.54, 1.807) is 18.2 Å². The van der Waals surface area contributed by atoms with Gasteiger partial charge in [0.1, 0.15) is 17.8 Å². The molecule has 1 amide bonds. The number of rotatable bonds is 6. The standard InChI is InChI=1S/C19H16ClFN2O2/c20-16-5-1-3-13(9-16)11-22-18(24)8-7-15-12-25-23-19(15)14-4-2-6-17(21)10-14/h1-6,9-10,12H,7-8,11H2,(H,22,24). The molecule has 0 unspecified atom stereocenters. The van der Waals surface area contributed by atoms with Gasteiger partial charge < -0.3 is 9.84 Å². The first-order chi connectivity index (χ1) is 12.1. The van der Waals surface area contributed by atoms with Crippen LogP contribution in [0.15, 0.2) is 59.3 Å². The predicted octanol–water partition coefficient (Wildman–Crippen LogP) is 4.38. The van der Waals surface area contributed by atoms with Gasteiger partial charge in [0.2, 0.25) is 5.91 Å². The molecular formula is C19H16ClFN2O2. The van der Waals surface area contributed by atoms with Crippen LogP contribution in [0.3, 0.4) is 0 Å². The largest absolute Gasteiger partial charge is 0.364 e. The van der Waals surface area contributed by atoms with Gasteiger partial charge in [0.15, 0.2) is 0 Å². The fourth-order valence-corrected chi connectivity index (χ4v) is 2.71. The number of amides is 1. The number of carbonyl (C=O) groups is 1. The molecule has 0 aliphatic rings. The molecule has 1 aromatic heterocycles. The summed E-state index contributed by atoms with van der Waals surface area (Å²) in [6, 6.07) is 13.5. The van der Waals surface area contributed by atoms with Crippen LogP contribution in [0.2, 0.25) is 5.02 Å². The fourth-order valence-electron chi connectivity index (χ4n) is 2.49. The van der Waals surface area contributed by atoms with E-state index in [4.69, 9.17) is 16.1 Å².